The standard InChI is InChI=1S/C19H20N2O4S/c1-11(2)19-21-16-9-13(6-8-17(16)25-19)20-18(22)15-10-14(26(4,23)24)7-5-12(15)3/h5-11H,1-4H3,(H,20,22). The van der Waals surface area contributed by atoms with Gasteiger partial charge in [0.2, 0.25) is 0 Å². The van der Waals surface area contributed by atoms with Gasteiger partial charge >= 0.3 is 0 Å². The van der Waals surface area contributed by atoms with Crippen molar-refractivity contribution < 1.29 is 17.6 Å². The number of benzene rings is 2. The molecule has 0 unspecified atom stereocenters. The molecule has 1 heterocycles. The predicted octanol–water partition coefficient (Wildman–Crippen LogP) is 3.92. The third-order valence-electron chi connectivity index (χ3n) is 4.04. The maximum atomic E-state index is 12.6. The number of nitrogens with one attached hydrogen (secondary N) is 1. The Morgan fingerprint density at radius 2 is 1.88 bits per heavy atom. The lowest BCUT2D eigenvalue weighted by Gasteiger charge is -2.09. The lowest BCUT2D eigenvalue weighted by molar-refractivity contribution is 0.102. The summed E-state index contributed by atoms with van der Waals surface area (Å²) in [4.78, 5) is 17.1. The van der Waals surface area contributed by atoms with Crippen LogP contribution in [0.25, 0.3) is 11.1 Å². The quantitative estimate of drug-likeness (QED) is 0.750. The number of amides is 1. The van der Waals surface area contributed by atoms with Crippen LogP contribution in [0.1, 0.15) is 41.6 Å². The lowest BCUT2D eigenvalue weighted by atomic mass is 10.1. The molecule has 0 saturated carbocycles. The molecule has 0 aliphatic rings. The van der Waals surface area contributed by atoms with Gasteiger partial charge in [-0.25, -0.2) is 13.4 Å². The Kier molecular flexibility index (Phi) is 4.58. The molecule has 3 rings (SSSR count). The highest BCUT2D eigenvalue weighted by Crippen LogP contribution is 2.24. The number of carbonyl (C=O) groups excluding carboxylic acids is 1. The van der Waals surface area contributed by atoms with Gasteiger partial charge in [0.15, 0.2) is 21.3 Å². The molecule has 1 N–H and O–H groups in total. The molecule has 0 spiro atoms. The van der Waals surface area contributed by atoms with Crippen LogP contribution in [-0.4, -0.2) is 25.6 Å². The Hall–Kier alpha value is -2.67. The summed E-state index contributed by atoms with van der Waals surface area (Å²) in [6.07, 6.45) is 1.12. The molecule has 6 nitrogen and oxygen atoms in total. The second kappa shape index (κ2) is 6.57. The molecule has 0 atom stereocenters. The lowest BCUT2D eigenvalue weighted by Crippen LogP contribution is -2.14. The van der Waals surface area contributed by atoms with E-state index in [9.17, 15) is 13.2 Å². The largest absolute Gasteiger partial charge is 0.440 e. The summed E-state index contributed by atoms with van der Waals surface area (Å²) < 4.78 is 29.1. The fourth-order valence-electron chi connectivity index (χ4n) is 2.54. The summed E-state index contributed by atoms with van der Waals surface area (Å²) in [5.74, 6) is 0.432. The molecule has 0 aliphatic heterocycles. The second-order valence-corrected chi connectivity index (χ2v) is 8.61. The number of hydrogen-bond acceptors (Lipinski definition) is 5. The van der Waals surface area contributed by atoms with Crippen LogP contribution in [0, 0.1) is 6.92 Å². The molecule has 0 aliphatic carbocycles. The van der Waals surface area contributed by atoms with Crippen molar-refractivity contribution >= 4 is 32.5 Å². The van der Waals surface area contributed by atoms with Crippen molar-refractivity contribution in [3.05, 3.63) is 53.4 Å². The SMILES string of the molecule is Cc1ccc(S(C)(=O)=O)cc1C(=O)Nc1ccc2oc(C(C)C)nc2c1. The van der Waals surface area contributed by atoms with Crippen LogP contribution in [0.3, 0.4) is 0 Å². The molecule has 0 saturated heterocycles. The molecule has 26 heavy (non-hydrogen) atoms. The second-order valence-electron chi connectivity index (χ2n) is 6.59. The highest BCUT2D eigenvalue weighted by molar-refractivity contribution is 7.90. The Morgan fingerprint density at radius 3 is 2.54 bits per heavy atom. The molecule has 3 aromatic rings. The summed E-state index contributed by atoms with van der Waals surface area (Å²) in [7, 11) is -3.39. The number of aromatic nitrogens is 1. The van der Waals surface area contributed by atoms with E-state index in [2.05, 4.69) is 10.3 Å². The summed E-state index contributed by atoms with van der Waals surface area (Å²) in [6, 6.07) is 9.73. The van der Waals surface area contributed by atoms with Crippen LogP contribution in [0.15, 0.2) is 45.7 Å². The molecule has 2 aromatic carbocycles. The average molecular weight is 372 g/mol. The fourth-order valence-corrected chi connectivity index (χ4v) is 3.19. The first-order valence-corrected chi connectivity index (χ1v) is 10.1. The number of aryl methyl sites for hydroxylation is 1. The molecular formula is C19H20N2O4S. The Balaban J connectivity index is 1.91. The Bertz CT molecular complexity index is 1100. The minimum atomic E-state index is -3.39. The summed E-state index contributed by atoms with van der Waals surface area (Å²) in [6.45, 7) is 5.74. The smallest absolute Gasteiger partial charge is 0.255 e. The zero-order chi connectivity index (χ0) is 19.1. The number of nitrogens with zero attached hydrogens (tertiary/aromatic N) is 1. The third kappa shape index (κ3) is 3.62. The van der Waals surface area contributed by atoms with Crippen molar-refractivity contribution in [1.29, 1.82) is 0 Å². The van der Waals surface area contributed by atoms with Crippen LogP contribution in [-0.2, 0) is 9.84 Å². The van der Waals surface area contributed by atoms with Gasteiger partial charge in [-0.2, -0.15) is 0 Å². The van der Waals surface area contributed by atoms with E-state index < -0.39 is 9.84 Å². The van der Waals surface area contributed by atoms with Crippen LogP contribution >= 0.6 is 0 Å². The highest BCUT2D eigenvalue weighted by atomic mass is 32.2. The molecule has 1 aromatic heterocycles. The Labute approximate surface area is 152 Å². The van der Waals surface area contributed by atoms with Gasteiger partial charge in [-0.05, 0) is 42.8 Å². The topological polar surface area (TPSA) is 89.3 Å². The van der Waals surface area contributed by atoms with Crippen molar-refractivity contribution in [2.24, 2.45) is 0 Å². The van der Waals surface area contributed by atoms with E-state index in [1.165, 1.54) is 12.1 Å². The van der Waals surface area contributed by atoms with Gasteiger partial charge < -0.3 is 9.73 Å². The number of rotatable bonds is 4. The maximum Gasteiger partial charge on any atom is 0.255 e. The fraction of sp³-hybridized carbons (Fsp3) is 0.263. The zero-order valence-electron chi connectivity index (χ0n) is 15.0. The number of hydrogen-bond donors (Lipinski definition) is 1. The average Bonchev–Trinajstić information content (AvgIpc) is 2.97. The number of fused-ring (bicyclic) bond motifs is 1. The monoisotopic (exact) mass is 372 g/mol. The van der Waals surface area contributed by atoms with Gasteiger partial charge in [-0.15, -0.1) is 0 Å². The molecule has 7 heteroatoms. The van der Waals surface area contributed by atoms with Crippen molar-refractivity contribution in [2.75, 3.05) is 11.6 Å². The van der Waals surface area contributed by atoms with E-state index in [1.54, 1.807) is 31.2 Å². The van der Waals surface area contributed by atoms with Crippen LogP contribution < -0.4 is 5.32 Å². The molecule has 0 bridgehead atoms. The molecular weight excluding hydrogens is 352 g/mol. The van der Waals surface area contributed by atoms with Gasteiger partial charge in [-0.1, -0.05) is 19.9 Å². The van der Waals surface area contributed by atoms with Crippen molar-refractivity contribution in [3.63, 3.8) is 0 Å². The van der Waals surface area contributed by atoms with E-state index >= 15 is 0 Å². The minimum Gasteiger partial charge on any atom is -0.440 e. The summed E-state index contributed by atoms with van der Waals surface area (Å²) >= 11 is 0. The van der Waals surface area contributed by atoms with E-state index in [0.717, 1.165) is 6.26 Å². The third-order valence-corrected chi connectivity index (χ3v) is 5.15. The maximum absolute atomic E-state index is 12.6. The van der Waals surface area contributed by atoms with Gasteiger partial charge in [-0.3, -0.25) is 4.79 Å². The Morgan fingerprint density at radius 1 is 1.15 bits per heavy atom. The van der Waals surface area contributed by atoms with Crippen LogP contribution in [0.2, 0.25) is 0 Å². The van der Waals surface area contributed by atoms with E-state index in [0.29, 0.717) is 33.8 Å². The molecule has 136 valence electrons. The van der Waals surface area contributed by atoms with Crippen molar-refractivity contribution in [2.45, 2.75) is 31.6 Å². The van der Waals surface area contributed by atoms with E-state index in [-0.39, 0.29) is 16.7 Å². The molecule has 0 radical (unpaired) electrons. The molecule has 0 fully saturated rings. The first-order chi connectivity index (χ1) is 12.1. The van der Waals surface area contributed by atoms with Crippen LogP contribution in [0.4, 0.5) is 5.69 Å². The van der Waals surface area contributed by atoms with E-state index in [4.69, 9.17) is 4.42 Å². The first kappa shape index (κ1) is 18.1. The summed E-state index contributed by atoms with van der Waals surface area (Å²) in [5, 5.41) is 2.79. The van der Waals surface area contributed by atoms with Crippen LogP contribution in [0.5, 0.6) is 0 Å². The number of oxazole rings is 1. The summed E-state index contributed by atoms with van der Waals surface area (Å²) in [5.41, 5.74) is 2.89. The molecule has 1 amide bonds. The van der Waals surface area contributed by atoms with Gasteiger partial charge in [0.05, 0.1) is 4.90 Å². The minimum absolute atomic E-state index is 0.113. The number of anilines is 1. The van der Waals surface area contributed by atoms with Gasteiger partial charge in [0.1, 0.15) is 5.52 Å². The zero-order valence-corrected chi connectivity index (χ0v) is 15.8. The van der Waals surface area contributed by atoms with Gasteiger partial charge in [0, 0.05) is 23.4 Å². The highest BCUT2D eigenvalue weighted by Gasteiger charge is 2.16. The number of carbonyl (C=O) groups is 1. The van der Waals surface area contributed by atoms with E-state index in [1.807, 2.05) is 13.8 Å². The predicted molar refractivity (Wildman–Crippen MR) is 100 cm³/mol. The van der Waals surface area contributed by atoms with Gasteiger partial charge in [0.25, 0.3) is 5.91 Å². The van der Waals surface area contributed by atoms with Crippen molar-refractivity contribution in [1.82, 2.24) is 4.98 Å². The normalized spacial score (nSPS) is 11.9. The number of sulfone groups is 1. The van der Waals surface area contributed by atoms with Crippen molar-refractivity contribution in [3.8, 4) is 0 Å². The first-order valence-electron chi connectivity index (χ1n) is 8.17.